The Balaban J connectivity index is 1.52. The largest absolute Gasteiger partial charge is 0.403 e. The van der Waals surface area contributed by atoms with E-state index in [1.165, 1.54) is 12.1 Å². The minimum atomic E-state index is -3.59. The van der Waals surface area contributed by atoms with Crippen molar-refractivity contribution >= 4 is 33.4 Å². The molecule has 0 saturated carbocycles. The molecule has 1 N–H and O–H groups in total. The molecule has 0 spiro atoms. The molecule has 0 fully saturated rings. The number of rotatable bonds is 7. The molecule has 0 aliphatic carbocycles. The topological polar surface area (TPSA) is 102 Å². The molecule has 146 valence electrons. The summed E-state index contributed by atoms with van der Waals surface area (Å²) in [6.45, 7) is 0. The van der Waals surface area contributed by atoms with Gasteiger partial charge in [-0.15, -0.1) is 5.10 Å². The van der Waals surface area contributed by atoms with Crippen molar-refractivity contribution in [3.05, 3.63) is 59.4 Å². The van der Waals surface area contributed by atoms with Crippen molar-refractivity contribution in [3.8, 4) is 11.5 Å². The van der Waals surface area contributed by atoms with Crippen LogP contribution in [0.5, 0.6) is 0 Å². The number of aromatic nitrogens is 2. The van der Waals surface area contributed by atoms with E-state index in [0.717, 1.165) is 12.1 Å². The molecule has 0 unspecified atom stereocenters. The molecule has 0 bridgehead atoms. The van der Waals surface area contributed by atoms with Crippen LogP contribution >= 0.6 is 11.6 Å². The van der Waals surface area contributed by atoms with Crippen molar-refractivity contribution in [1.29, 1.82) is 0 Å². The van der Waals surface area contributed by atoms with Crippen LogP contribution in [0.1, 0.15) is 12.8 Å². The number of sulfone groups is 1. The van der Waals surface area contributed by atoms with E-state index in [0.29, 0.717) is 10.6 Å². The molecular formula is C18H15ClFN3O4S. The quantitative estimate of drug-likeness (QED) is 0.581. The van der Waals surface area contributed by atoms with Gasteiger partial charge in [0.2, 0.25) is 11.8 Å². The van der Waals surface area contributed by atoms with Gasteiger partial charge in [-0.1, -0.05) is 16.7 Å². The molecular weight excluding hydrogens is 409 g/mol. The fourth-order valence-electron chi connectivity index (χ4n) is 2.35. The predicted molar refractivity (Wildman–Crippen MR) is 101 cm³/mol. The summed E-state index contributed by atoms with van der Waals surface area (Å²) < 4.78 is 42.6. The van der Waals surface area contributed by atoms with Gasteiger partial charge in [0.1, 0.15) is 5.82 Å². The molecule has 0 saturated heterocycles. The second-order valence-corrected chi connectivity index (χ2v) is 8.39. The summed E-state index contributed by atoms with van der Waals surface area (Å²) in [6, 6.07) is 11.2. The monoisotopic (exact) mass is 423 g/mol. The number of halogens is 2. The highest BCUT2D eigenvalue weighted by Crippen LogP contribution is 2.22. The van der Waals surface area contributed by atoms with E-state index in [1.807, 2.05) is 0 Å². The smallest absolute Gasteiger partial charge is 0.322 e. The maximum atomic E-state index is 12.9. The van der Waals surface area contributed by atoms with Crippen molar-refractivity contribution in [2.75, 3.05) is 11.1 Å². The molecule has 2 aromatic carbocycles. The Labute approximate surface area is 165 Å². The van der Waals surface area contributed by atoms with Gasteiger partial charge in [0.25, 0.3) is 0 Å². The summed E-state index contributed by atoms with van der Waals surface area (Å²) in [5, 5.41) is 10.6. The van der Waals surface area contributed by atoms with Gasteiger partial charge >= 0.3 is 6.01 Å². The van der Waals surface area contributed by atoms with Gasteiger partial charge in [-0.25, -0.2) is 12.8 Å². The number of nitrogens with one attached hydrogen (secondary N) is 1. The molecule has 0 radical (unpaired) electrons. The number of benzene rings is 2. The first-order chi connectivity index (χ1) is 13.3. The van der Waals surface area contributed by atoms with Gasteiger partial charge in [-0.2, -0.15) is 0 Å². The Kier molecular flexibility index (Phi) is 6.05. The zero-order valence-electron chi connectivity index (χ0n) is 14.4. The summed E-state index contributed by atoms with van der Waals surface area (Å²) in [6.07, 6.45) is 0.0306. The van der Waals surface area contributed by atoms with E-state index < -0.39 is 21.6 Å². The number of carbonyl (C=O) groups excluding carboxylic acids is 1. The summed E-state index contributed by atoms with van der Waals surface area (Å²) in [4.78, 5) is 12.0. The lowest BCUT2D eigenvalue weighted by Crippen LogP contribution is -2.14. The van der Waals surface area contributed by atoms with Crippen LogP contribution in [0.25, 0.3) is 11.5 Å². The number of carbonyl (C=O) groups is 1. The molecule has 3 aromatic rings. The van der Waals surface area contributed by atoms with Crippen molar-refractivity contribution in [2.45, 2.75) is 17.7 Å². The molecule has 28 heavy (non-hydrogen) atoms. The van der Waals surface area contributed by atoms with E-state index in [4.69, 9.17) is 16.0 Å². The Morgan fingerprint density at radius 1 is 1.07 bits per heavy atom. The predicted octanol–water partition coefficient (Wildman–Crippen LogP) is 3.72. The van der Waals surface area contributed by atoms with E-state index >= 15 is 0 Å². The highest BCUT2D eigenvalue weighted by atomic mass is 35.5. The van der Waals surface area contributed by atoms with Gasteiger partial charge in [0.05, 0.1) is 10.6 Å². The fraction of sp³-hybridized carbons (Fsp3) is 0.167. The lowest BCUT2D eigenvalue weighted by atomic mass is 10.2. The van der Waals surface area contributed by atoms with Crippen LogP contribution in [0.15, 0.2) is 57.8 Å². The molecule has 3 rings (SSSR count). The van der Waals surface area contributed by atoms with E-state index in [2.05, 4.69) is 15.5 Å². The van der Waals surface area contributed by atoms with E-state index in [1.54, 1.807) is 24.3 Å². The van der Waals surface area contributed by atoms with Crippen LogP contribution in [0.3, 0.4) is 0 Å². The molecule has 7 nitrogen and oxygen atoms in total. The fourth-order valence-corrected chi connectivity index (χ4v) is 3.78. The molecule has 0 aliphatic heterocycles. The number of hydrogen-bond donors (Lipinski definition) is 1. The van der Waals surface area contributed by atoms with E-state index in [9.17, 15) is 17.6 Å². The third-order valence-corrected chi connectivity index (χ3v) is 5.82. The van der Waals surface area contributed by atoms with Crippen LogP contribution in [-0.4, -0.2) is 30.3 Å². The average molecular weight is 424 g/mol. The highest BCUT2D eigenvalue weighted by Gasteiger charge is 2.16. The Morgan fingerprint density at radius 3 is 2.43 bits per heavy atom. The first-order valence-electron chi connectivity index (χ1n) is 8.21. The molecule has 1 amide bonds. The van der Waals surface area contributed by atoms with Crippen LogP contribution in [-0.2, 0) is 14.6 Å². The Bertz CT molecular complexity index is 1070. The normalized spacial score (nSPS) is 11.4. The van der Waals surface area contributed by atoms with Gasteiger partial charge < -0.3 is 4.42 Å². The van der Waals surface area contributed by atoms with Crippen molar-refractivity contribution in [1.82, 2.24) is 10.2 Å². The lowest BCUT2D eigenvalue weighted by Gasteiger charge is -2.04. The van der Waals surface area contributed by atoms with Crippen LogP contribution < -0.4 is 5.32 Å². The van der Waals surface area contributed by atoms with Gasteiger partial charge in [-0.3, -0.25) is 10.1 Å². The lowest BCUT2D eigenvalue weighted by molar-refractivity contribution is -0.116. The SMILES string of the molecule is O=C(CCCS(=O)(=O)c1ccc(F)cc1)Nc1nnc(-c2ccc(Cl)cc2)o1. The molecule has 10 heteroatoms. The first-order valence-corrected chi connectivity index (χ1v) is 10.2. The number of hydrogen-bond acceptors (Lipinski definition) is 6. The van der Waals surface area contributed by atoms with Crippen LogP contribution in [0.2, 0.25) is 5.02 Å². The molecule has 0 aliphatic rings. The Morgan fingerprint density at radius 2 is 1.75 bits per heavy atom. The summed E-state index contributed by atoms with van der Waals surface area (Å²) >= 11 is 5.82. The zero-order chi connectivity index (χ0) is 20.1. The maximum absolute atomic E-state index is 12.9. The summed E-state index contributed by atoms with van der Waals surface area (Å²) in [7, 11) is -3.59. The second kappa shape index (κ2) is 8.49. The van der Waals surface area contributed by atoms with Gasteiger partial charge in [0.15, 0.2) is 9.84 Å². The average Bonchev–Trinajstić information content (AvgIpc) is 3.11. The van der Waals surface area contributed by atoms with Crippen LogP contribution in [0.4, 0.5) is 10.4 Å². The minimum Gasteiger partial charge on any atom is -0.403 e. The highest BCUT2D eigenvalue weighted by molar-refractivity contribution is 7.91. The first kappa shape index (κ1) is 20.0. The zero-order valence-corrected chi connectivity index (χ0v) is 16.0. The van der Waals surface area contributed by atoms with Gasteiger partial charge in [-0.05, 0) is 55.0 Å². The van der Waals surface area contributed by atoms with Crippen molar-refractivity contribution in [3.63, 3.8) is 0 Å². The Hall–Kier alpha value is -2.78. The van der Waals surface area contributed by atoms with Crippen molar-refractivity contribution in [2.24, 2.45) is 0 Å². The maximum Gasteiger partial charge on any atom is 0.322 e. The van der Waals surface area contributed by atoms with E-state index in [-0.39, 0.29) is 35.4 Å². The third-order valence-electron chi connectivity index (χ3n) is 3.75. The third kappa shape index (κ3) is 5.14. The number of nitrogens with zero attached hydrogens (tertiary/aromatic N) is 2. The number of anilines is 1. The minimum absolute atomic E-state index is 0.0128. The van der Waals surface area contributed by atoms with Gasteiger partial charge in [0, 0.05) is 17.0 Å². The van der Waals surface area contributed by atoms with Crippen LogP contribution in [0, 0.1) is 5.82 Å². The number of amides is 1. The summed E-state index contributed by atoms with van der Waals surface area (Å²) in [5.74, 6) is -1.01. The molecule has 1 heterocycles. The molecule has 0 atom stereocenters. The molecule has 1 aromatic heterocycles. The standard InChI is InChI=1S/C18H15ClFN3O4S/c19-13-5-3-12(4-6-13)17-22-23-18(27-17)21-16(24)2-1-11-28(25,26)15-9-7-14(20)8-10-15/h3-10H,1-2,11H2,(H,21,23,24). The summed E-state index contributed by atoms with van der Waals surface area (Å²) in [5.41, 5.74) is 0.641. The van der Waals surface area contributed by atoms with Crippen molar-refractivity contribution < 1.29 is 22.0 Å². The second-order valence-electron chi connectivity index (χ2n) is 5.84.